The van der Waals surface area contributed by atoms with Crippen molar-refractivity contribution in [2.75, 3.05) is 11.5 Å². The molecule has 7 heteroatoms. The molecule has 1 aromatic carbocycles. The number of rotatable bonds is 0. The Balaban J connectivity index is 2.01. The fourth-order valence-electron chi connectivity index (χ4n) is 2.79. The topological polar surface area (TPSA) is 69.0 Å². The summed E-state index contributed by atoms with van der Waals surface area (Å²) in [6.07, 6.45) is 0. The highest BCUT2D eigenvalue weighted by atomic mass is 32.2. The highest BCUT2D eigenvalue weighted by Gasteiger charge is 2.45. The van der Waals surface area contributed by atoms with Crippen LogP contribution in [0.4, 0.5) is 0 Å². The van der Waals surface area contributed by atoms with Crippen LogP contribution < -0.4 is 5.56 Å². The lowest BCUT2D eigenvalue weighted by molar-refractivity contribution is 0.524. The van der Waals surface area contributed by atoms with Crippen molar-refractivity contribution in [1.29, 1.82) is 0 Å². The zero-order valence-corrected chi connectivity index (χ0v) is 11.4. The summed E-state index contributed by atoms with van der Waals surface area (Å²) in [5.74, 6) is 0.194. The van der Waals surface area contributed by atoms with Crippen molar-refractivity contribution in [3.63, 3.8) is 0 Å². The Hall–Kier alpha value is -1.34. The Morgan fingerprint density at radius 2 is 2.05 bits per heavy atom. The maximum Gasteiger partial charge on any atom is 0.262 e. The lowest BCUT2D eigenvalue weighted by Gasteiger charge is -2.10. The van der Waals surface area contributed by atoms with Crippen molar-refractivity contribution in [2.24, 2.45) is 0 Å². The third kappa shape index (κ3) is 1.58. The van der Waals surface area contributed by atoms with Crippen LogP contribution in [-0.4, -0.2) is 34.7 Å². The molecule has 1 fully saturated rings. The minimum atomic E-state index is -3.03. The summed E-state index contributed by atoms with van der Waals surface area (Å²) < 4.78 is 24.9. The van der Waals surface area contributed by atoms with Crippen LogP contribution in [0.5, 0.6) is 0 Å². The van der Waals surface area contributed by atoms with E-state index in [0.29, 0.717) is 16.1 Å². The molecule has 0 unspecified atom stereocenters. The summed E-state index contributed by atoms with van der Waals surface area (Å²) in [4.78, 5) is 17.0. The van der Waals surface area contributed by atoms with Crippen molar-refractivity contribution < 1.29 is 8.42 Å². The normalized spacial score (nSPS) is 27.4. The second-order valence-corrected chi connectivity index (χ2v) is 8.25. The molecule has 0 spiro atoms. The standard InChI is InChI=1S/C12H10N2O3S2/c15-11-7-3-1-2-4-8(7)13-12-14(11)9-5-19(16,17)6-10(9)18-12/h1-4,9-10H,5-6H2/t9-,10-/m1/s1. The first-order valence-electron chi connectivity index (χ1n) is 5.93. The van der Waals surface area contributed by atoms with E-state index in [9.17, 15) is 13.2 Å². The molecule has 2 aliphatic rings. The minimum absolute atomic E-state index is 0.0532. The smallest absolute Gasteiger partial charge is 0.262 e. The molecule has 2 aromatic rings. The second kappa shape index (κ2) is 3.61. The third-order valence-corrected chi connectivity index (χ3v) is 6.85. The molecule has 98 valence electrons. The van der Waals surface area contributed by atoms with E-state index in [2.05, 4.69) is 4.98 Å². The monoisotopic (exact) mass is 294 g/mol. The molecule has 19 heavy (non-hydrogen) atoms. The molecular weight excluding hydrogens is 284 g/mol. The average Bonchev–Trinajstić information content (AvgIpc) is 2.80. The molecule has 0 aliphatic carbocycles. The number of thioether (sulfide) groups is 1. The van der Waals surface area contributed by atoms with Gasteiger partial charge < -0.3 is 0 Å². The van der Waals surface area contributed by atoms with Gasteiger partial charge in [0.2, 0.25) is 0 Å². The molecule has 2 atom stereocenters. The predicted octanol–water partition coefficient (Wildman–Crippen LogP) is 0.840. The van der Waals surface area contributed by atoms with Gasteiger partial charge in [0.25, 0.3) is 5.56 Å². The molecule has 0 amide bonds. The number of hydrogen-bond acceptors (Lipinski definition) is 5. The van der Waals surface area contributed by atoms with Crippen LogP contribution in [-0.2, 0) is 9.84 Å². The van der Waals surface area contributed by atoms with Crippen molar-refractivity contribution in [2.45, 2.75) is 16.4 Å². The number of aromatic nitrogens is 2. The number of nitrogens with zero attached hydrogens (tertiary/aromatic N) is 2. The van der Waals surface area contributed by atoms with Gasteiger partial charge >= 0.3 is 0 Å². The largest absolute Gasteiger partial charge is 0.282 e. The van der Waals surface area contributed by atoms with Gasteiger partial charge in [-0.1, -0.05) is 23.9 Å². The highest BCUT2D eigenvalue weighted by Crippen LogP contribution is 2.43. The van der Waals surface area contributed by atoms with Gasteiger partial charge in [-0.15, -0.1) is 0 Å². The molecule has 3 heterocycles. The van der Waals surface area contributed by atoms with E-state index in [0.717, 1.165) is 0 Å². The van der Waals surface area contributed by atoms with E-state index in [-0.39, 0.29) is 28.4 Å². The van der Waals surface area contributed by atoms with Crippen molar-refractivity contribution >= 4 is 32.5 Å². The number of hydrogen-bond donors (Lipinski definition) is 0. The van der Waals surface area contributed by atoms with Crippen LogP contribution >= 0.6 is 11.8 Å². The Kier molecular flexibility index (Phi) is 2.18. The van der Waals surface area contributed by atoms with Crippen LogP contribution in [0, 0.1) is 0 Å². The van der Waals surface area contributed by atoms with Gasteiger partial charge in [-0.2, -0.15) is 0 Å². The summed E-state index contributed by atoms with van der Waals surface area (Å²) in [6.45, 7) is 0. The van der Waals surface area contributed by atoms with Crippen LogP contribution in [0.2, 0.25) is 0 Å². The van der Waals surface area contributed by atoms with Crippen LogP contribution in [0.15, 0.2) is 34.2 Å². The number of para-hydroxylation sites is 1. The van der Waals surface area contributed by atoms with E-state index in [1.807, 2.05) is 12.1 Å². The van der Waals surface area contributed by atoms with Gasteiger partial charge in [-0.05, 0) is 12.1 Å². The SMILES string of the molecule is O=c1c2ccccc2nc2n1[C@@H]1CS(=O)(=O)C[C@H]1S2. The van der Waals surface area contributed by atoms with E-state index in [1.54, 1.807) is 16.7 Å². The van der Waals surface area contributed by atoms with E-state index in [1.165, 1.54) is 11.8 Å². The fraction of sp³-hybridized carbons (Fsp3) is 0.333. The van der Waals surface area contributed by atoms with Gasteiger partial charge in [0.15, 0.2) is 15.0 Å². The number of benzene rings is 1. The lowest BCUT2D eigenvalue weighted by atomic mass is 10.2. The second-order valence-electron chi connectivity index (χ2n) is 4.89. The zero-order valence-electron chi connectivity index (χ0n) is 9.81. The van der Waals surface area contributed by atoms with Crippen molar-refractivity contribution in [1.82, 2.24) is 9.55 Å². The van der Waals surface area contributed by atoms with E-state index in [4.69, 9.17) is 0 Å². The van der Waals surface area contributed by atoms with E-state index < -0.39 is 9.84 Å². The summed E-state index contributed by atoms with van der Waals surface area (Å²) in [6, 6.07) is 6.93. The van der Waals surface area contributed by atoms with Crippen LogP contribution in [0.1, 0.15) is 6.04 Å². The number of sulfone groups is 1. The summed E-state index contributed by atoms with van der Waals surface area (Å²) in [5, 5.41) is 1.13. The Morgan fingerprint density at radius 1 is 1.26 bits per heavy atom. The molecule has 0 saturated carbocycles. The van der Waals surface area contributed by atoms with Crippen molar-refractivity contribution in [3.05, 3.63) is 34.6 Å². The Labute approximate surface area is 113 Å². The quantitative estimate of drug-likeness (QED) is 0.674. The van der Waals surface area contributed by atoms with Gasteiger partial charge in [0.05, 0.1) is 28.5 Å². The third-order valence-electron chi connectivity index (χ3n) is 3.64. The van der Waals surface area contributed by atoms with Crippen molar-refractivity contribution in [3.8, 4) is 0 Å². The first-order chi connectivity index (χ1) is 9.05. The molecule has 0 bridgehead atoms. The summed E-state index contributed by atoms with van der Waals surface area (Å²) in [5.41, 5.74) is 0.548. The fourth-order valence-corrected chi connectivity index (χ4v) is 6.69. The Morgan fingerprint density at radius 3 is 2.89 bits per heavy atom. The maximum absolute atomic E-state index is 12.5. The lowest BCUT2D eigenvalue weighted by Crippen LogP contribution is -2.27. The molecule has 0 radical (unpaired) electrons. The molecular formula is C12H10N2O3S2. The van der Waals surface area contributed by atoms with E-state index >= 15 is 0 Å². The summed E-state index contributed by atoms with van der Waals surface area (Å²) >= 11 is 1.41. The zero-order chi connectivity index (χ0) is 13.2. The average molecular weight is 294 g/mol. The van der Waals surface area contributed by atoms with Gasteiger partial charge in [-0.3, -0.25) is 9.36 Å². The molecule has 5 nitrogen and oxygen atoms in total. The first kappa shape index (κ1) is 11.5. The molecule has 2 aliphatic heterocycles. The van der Waals surface area contributed by atoms with Crippen LogP contribution in [0.25, 0.3) is 10.9 Å². The van der Waals surface area contributed by atoms with Gasteiger partial charge in [0, 0.05) is 5.25 Å². The molecule has 0 N–H and O–H groups in total. The maximum atomic E-state index is 12.5. The summed E-state index contributed by atoms with van der Waals surface area (Å²) in [7, 11) is -3.03. The number of fused-ring (bicyclic) bond motifs is 4. The van der Waals surface area contributed by atoms with Crippen LogP contribution in [0.3, 0.4) is 0 Å². The molecule has 1 aromatic heterocycles. The molecule has 4 rings (SSSR count). The first-order valence-corrected chi connectivity index (χ1v) is 8.64. The van der Waals surface area contributed by atoms with Gasteiger partial charge in [0.1, 0.15) is 0 Å². The molecule has 1 saturated heterocycles. The minimum Gasteiger partial charge on any atom is -0.282 e. The van der Waals surface area contributed by atoms with Gasteiger partial charge in [-0.25, -0.2) is 13.4 Å². The predicted molar refractivity (Wildman–Crippen MR) is 73.3 cm³/mol. The Bertz CT molecular complexity index is 857. The highest BCUT2D eigenvalue weighted by molar-refractivity contribution is 8.02.